The number of amides is 1. The number of fused-ring (bicyclic) bond motifs is 2. The lowest BCUT2D eigenvalue weighted by Crippen LogP contribution is -2.33. The summed E-state index contributed by atoms with van der Waals surface area (Å²) >= 11 is 6.20. The number of nitrogens with one attached hydrogen (secondary N) is 1. The highest BCUT2D eigenvalue weighted by atomic mass is 35.5. The van der Waals surface area contributed by atoms with Crippen LogP contribution < -0.4 is 10.2 Å². The number of hydrogen-bond donors (Lipinski definition) is 1. The number of hydrogen-bond acceptors (Lipinski definition) is 4. The summed E-state index contributed by atoms with van der Waals surface area (Å²) in [6, 6.07) is 23.1. The van der Waals surface area contributed by atoms with E-state index >= 15 is 0 Å². The van der Waals surface area contributed by atoms with Crippen molar-refractivity contribution in [3.8, 4) is 5.75 Å². The molecule has 0 fully saturated rings. The molecular weight excluding hydrogens is 386 g/mol. The van der Waals surface area contributed by atoms with E-state index in [1.807, 2.05) is 72.8 Å². The quantitative estimate of drug-likeness (QED) is 0.291. The van der Waals surface area contributed by atoms with Crippen LogP contribution in [0, 0.1) is 0 Å². The lowest BCUT2D eigenvalue weighted by atomic mass is 10.1. The van der Waals surface area contributed by atoms with E-state index in [0.29, 0.717) is 16.5 Å². The van der Waals surface area contributed by atoms with Crippen molar-refractivity contribution in [3.05, 3.63) is 83.5 Å². The molecule has 0 bridgehead atoms. The third-order valence-corrected chi connectivity index (χ3v) is 4.81. The van der Waals surface area contributed by atoms with Crippen LogP contribution in [0.1, 0.15) is 12.5 Å². The number of rotatable bonds is 5. The zero-order valence-electron chi connectivity index (χ0n) is 15.7. The molecule has 4 rings (SSSR count). The van der Waals surface area contributed by atoms with Crippen molar-refractivity contribution < 1.29 is 9.53 Å². The van der Waals surface area contributed by atoms with Gasteiger partial charge < -0.3 is 4.74 Å². The van der Waals surface area contributed by atoms with Gasteiger partial charge in [-0.3, -0.25) is 4.79 Å². The minimum Gasteiger partial charge on any atom is -0.480 e. The van der Waals surface area contributed by atoms with Gasteiger partial charge in [0.25, 0.3) is 5.91 Å². The maximum atomic E-state index is 12.4. The molecule has 0 aliphatic heterocycles. The summed E-state index contributed by atoms with van der Waals surface area (Å²) < 4.78 is 5.85. The third-order valence-electron chi connectivity index (χ3n) is 4.51. The van der Waals surface area contributed by atoms with Gasteiger partial charge in [0.05, 0.1) is 11.7 Å². The summed E-state index contributed by atoms with van der Waals surface area (Å²) in [6.45, 7) is 1.68. The molecule has 29 heavy (non-hydrogen) atoms. The predicted octanol–water partition coefficient (Wildman–Crippen LogP) is 4.96. The van der Waals surface area contributed by atoms with E-state index in [2.05, 4.69) is 15.5 Å². The molecule has 1 N–H and O–H groups in total. The van der Waals surface area contributed by atoms with Crippen LogP contribution in [0.5, 0.6) is 5.75 Å². The van der Waals surface area contributed by atoms with Gasteiger partial charge in [-0.05, 0) is 30.5 Å². The van der Waals surface area contributed by atoms with E-state index in [4.69, 9.17) is 16.3 Å². The first-order valence-corrected chi connectivity index (χ1v) is 9.52. The van der Waals surface area contributed by atoms with Gasteiger partial charge in [0.15, 0.2) is 6.10 Å². The largest absolute Gasteiger partial charge is 0.480 e. The molecule has 1 heterocycles. The Bertz CT molecular complexity index is 1220. The van der Waals surface area contributed by atoms with E-state index in [-0.39, 0.29) is 5.91 Å². The number of nitrogens with zero attached hydrogens (tertiary/aromatic N) is 2. The SMILES string of the molecule is C[C@@H](Oc1cccc2ccccc12)C(=O)N/N=C\c1cc2ccccc2nc1Cl. The molecule has 0 spiro atoms. The molecule has 0 aliphatic rings. The van der Waals surface area contributed by atoms with Gasteiger partial charge in [-0.25, -0.2) is 10.4 Å². The number of para-hydroxylation sites is 1. The molecule has 1 aromatic heterocycles. The lowest BCUT2D eigenvalue weighted by Gasteiger charge is -2.14. The molecule has 0 saturated carbocycles. The van der Waals surface area contributed by atoms with Gasteiger partial charge in [-0.15, -0.1) is 0 Å². The van der Waals surface area contributed by atoms with Gasteiger partial charge in [-0.1, -0.05) is 66.2 Å². The molecule has 1 amide bonds. The minimum absolute atomic E-state index is 0.321. The van der Waals surface area contributed by atoms with E-state index < -0.39 is 6.10 Å². The van der Waals surface area contributed by atoms with Crippen LogP contribution in [0.15, 0.2) is 77.9 Å². The van der Waals surface area contributed by atoms with Crippen molar-refractivity contribution >= 4 is 45.4 Å². The highest BCUT2D eigenvalue weighted by molar-refractivity contribution is 6.32. The summed E-state index contributed by atoms with van der Waals surface area (Å²) in [5.74, 6) is 0.288. The van der Waals surface area contributed by atoms with E-state index in [0.717, 1.165) is 21.7 Å². The molecule has 0 radical (unpaired) electrons. The maximum Gasteiger partial charge on any atom is 0.280 e. The van der Waals surface area contributed by atoms with Crippen LogP contribution in [0.25, 0.3) is 21.7 Å². The van der Waals surface area contributed by atoms with Crippen LogP contribution in [0.4, 0.5) is 0 Å². The summed E-state index contributed by atoms with van der Waals surface area (Å²) in [6.07, 6.45) is 0.757. The molecule has 0 saturated heterocycles. The van der Waals surface area contributed by atoms with Crippen molar-refractivity contribution in [1.82, 2.24) is 10.4 Å². The molecule has 4 aromatic rings. The fourth-order valence-corrected chi connectivity index (χ4v) is 3.19. The summed E-state index contributed by atoms with van der Waals surface area (Å²) in [4.78, 5) is 16.7. The zero-order valence-corrected chi connectivity index (χ0v) is 16.4. The molecule has 6 heteroatoms. The monoisotopic (exact) mass is 403 g/mol. The second kappa shape index (κ2) is 8.29. The number of carbonyl (C=O) groups excluding carboxylic acids is 1. The number of hydrazone groups is 1. The average Bonchev–Trinajstić information content (AvgIpc) is 2.74. The Morgan fingerprint density at radius 2 is 1.79 bits per heavy atom. The number of pyridine rings is 1. The third kappa shape index (κ3) is 4.20. The fraction of sp³-hybridized carbons (Fsp3) is 0.0870. The smallest absolute Gasteiger partial charge is 0.280 e. The Labute approximate surface area is 173 Å². The van der Waals surface area contributed by atoms with Crippen LogP contribution in [0.2, 0.25) is 5.15 Å². The van der Waals surface area contributed by atoms with Gasteiger partial charge in [-0.2, -0.15) is 5.10 Å². The molecular formula is C23H18ClN3O2. The number of ether oxygens (including phenoxy) is 1. The number of aromatic nitrogens is 1. The number of halogens is 1. The molecule has 144 valence electrons. The van der Waals surface area contributed by atoms with Gasteiger partial charge >= 0.3 is 0 Å². The van der Waals surface area contributed by atoms with Crippen molar-refractivity contribution in [1.29, 1.82) is 0 Å². The van der Waals surface area contributed by atoms with Crippen LogP contribution in [0.3, 0.4) is 0 Å². The standard InChI is InChI=1S/C23H18ClN3O2/c1-15(29-21-12-6-9-16-7-2-4-10-19(16)21)23(28)27-25-14-18-13-17-8-3-5-11-20(17)26-22(18)24/h2-15H,1H3,(H,27,28)/b25-14-/t15-/m1/s1. The second-order valence-corrected chi connectivity index (χ2v) is 6.89. The van der Waals surface area contributed by atoms with Gasteiger partial charge in [0.2, 0.25) is 0 Å². The second-order valence-electron chi connectivity index (χ2n) is 6.53. The highest BCUT2D eigenvalue weighted by Crippen LogP contribution is 2.26. The van der Waals surface area contributed by atoms with Crippen LogP contribution >= 0.6 is 11.6 Å². The predicted molar refractivity (Wildman–Crippen MR) is 117 cm³/mol. The van der Waals surface area contributed by atoms with E-state index in [9.17, 15) is 4.79 Å². The average molecular weight is 404 g/mol. The zero-order chi connectivity index (χ0) is 20.2. The normalized spacial score (nSPS) is 12.3. The Balaban J connectivity index is 1.44. The number of benzene rings is 3. The summed E-state index contributed by atoms with van der Waals surface area (Å²) in [5.41, 5.74) is 3.91. The van der Waals surface area contributed by atoms with Crippen molar-refractivity contribution in [2.75, 3.05) is 0 Å². The Kier molecular flexibility index (Phi) is 5.40. The number of carbonyl (C=O) groups is 1. The Morgan fingerprint density at radius 3 is 2.66 bits per heavy atom. The lowest BCUT2D eigenvalue weighted by molar-refractivity contribution is -0.127. The first kappa shape index (κ1) is 18.9. The molecule has 5 nitrogen and oxygen atoms in total. The molecule has 0 aliphatic carbocycles. The van der Waals surface area contributed by atoms with Crippen molar-refractivity contribution in [2.45, 2.75) is 13.0 Å². The summed E-state index contributed by atoms with van der Waals surface area (Å²) in [5, 5.41) is 7.27. The fourth-order valence-electron chi connectivity index (χ4n) is 3.00. The van der Waals surface area contributed by atoms with E-state index in [1.54, 1.807) is 6.92 Å². The van der Waals surface area contributed by atoms with Crippen LogP contribution in [-0.2, 0) is 4.79 Å². The maximum absolute atomic E-state index is 12.4. The first-order valence-electron chi connectivity index (χ1n) is 9.14. The first-order chi connectivity index (χ1) is 14.1. The highest BCUT2D eigenvalue weighted by Gasteiger charge is 2.15. The Hall–Kier alpha value is -3.44. The Morgan fingerprint density at radius 1 is 1.07 bits per heavy atom. The topological polar surface area (TPSA) is 63.6 Å². The molecule has 3 aromatic carbocycles. The van der Waals surface area contributed by atoms with E-state index in [1.165, 1.54) is 6.21 Å². The molecule has 1 atom stereocenters. The van der Waals surface area contributed by atoms with Crippen molar-refractivity contribution in [3.63, 3.8) is 0 Å². The van der Waals surface area contributed by atoms with Crippen LogP contribution in [-0.4, -0.2) is 23.2 Å². The molecule has 0 unspecified atom stereocenters. The van der Waals surface area contributed by atoms with Gasteiger partial charge in [0, 0.05) is 16.3 Å². The summed E-state index contributed by atoms with van der Waals surface area (Å²) in [7, 11) is 0. The minimum atomic E-state index is -0.719. The van der Waals surface area contributed by atoms with Gasteiger partial charge in [0.1, 0.15) is 10.9 Å². The van der Waals surface area contributed by atoms with Crippen molar-refractivity contribution in [2.24, 2.45) is 5.10 Å².